The standard InChI is InChI=1S/C20H29N5O2.HI/c1-3-21-20(23-14-16-8-9-22-19(13-16)26-2)24-15-17(18-7-6-12-27-18)25-10-4-5-11-25;/h6-9,12-13,17H,3-5,10-11,14-15H2,1-2H3,(H2,21,23,24);1H. The zero-order chi connectivity index (χ0) is 18.9. The molecule has 3 heterocycles. The number of ether oxygens (including phenoxy) is 1. The second kappa shape index (κ2) is 11.9. The third-order valence-electron chi connectivity index (χ3n) is 4.69. The average Bonchev–Trinajstić information content (AvgIpc) is 3.41. The molecule has 0 aliphatic carbocycles. The third-order valence-corrected chi connectivity index (χ3v) is 4.69. The van der Waals surface area contributed by atoms with Gasteiger partial charge in [0.2, 0.25) is 5.88 Å². The first-order chi connectivity index (χ1) is 13.3. The number of pyridine rings is 1. The van der Waals surface area contributed by atoms with Gasteiger partial charge in [0.1, 0.15) is 5.76 Å². The molecule has 1 aliphatic rings. The Bertz CT molecular complexity index is 717. The molecule has 1 fully saturated rings. The quantitative estimate of drug-likeness (QED) is 0.330. The van der Waals surface area contributed by atoms with Crippen molar-refractivity contribution in [2.24, 2.45) is 4.99 Å². The van der Waals surface area contributed by atoms with Gasteiger partial charge < -0.3 is 19.8 Å². The van der Waals surface area contributed by atoms with Gasteiger partial charge in [0.15, 0.2) is 5.96 Å². The van der Waals surface area contributed by atoms with Gasteiger partial charge in [-0.1, -0.05) is 0 Å². The zero-order valence-corrected chi connectivity index (χ0v) is 18.9. The molecule has 0 bridgehead atoms. The van der Waals surface area contributed by atoms with E-state index in [4.69, 9.17) is 14.1 Å². The first-order valence-corrected chi connectivity index (χ1v) is 9.58. The van der Waals surface area contributed by atoms with Crippen molar-refractivity contribution in [2.75, 3.05) is 33.3 Å². The number of rotatable bonds is 8. The maximum atomic E-state index is 5.69. The van der Waals surface area contributed by atoms with Crippen molar-refractivity contribution in [3.63, 3.8) is 0 Å². The molecular formula is C20H30IN5O2. The number of methoxy groups -OCH3 is 1. The van der Waals surface area contributed by atoms with Crippen LogP contribution in [-0.2, 0) is 6.54 Å². The Kier molecular flexibility index (Phi) is 9.56. The molecule has 1 atom stereocenters. The van der Waals surface area contributed by atoms with Gasteiger partial charge in [0.25, 0.3) is 0 Å². The SMILES string of the molecule is CCNC(=NCc1ccnc(OC)c1)NCC(c1ccco1)N1CCCC1.I. The van der Waals surface area contributed by atoms with E-state index in [1.807, 2.05) is 18.2 Å². The number of hydrogen-bond donors (Lipinski definition) is 2. The number of halogens is 1. The second-order valence-electron chi connectivity index (χ2n) is 6.56. The van der Waals surface area contributed by atoms with Crippen LogP contribution >= 0.6 is 24.0 Å². The highest BCUT2D eigenvalue weighted by atomic mass is 127. The maximum Gasteiger partial charge on any atom is 0.213 e. The summed E-state index contributed by atoms with van der Waals surface area (Å²) in [6.07, 6.45) is 5.98. The topological polar surface area (TPSA) is 74.9 Å². The van der Waals surface area contributed by atoms with Crippen molar-refractivity contribution in [3.05, 3.63) is 48.0 Å². The van der Waals surface area contributed by atoms with Gasteiger partial charge in [-0.05, 0) is 56.6 Å². The van der Waals surface area contributed by atoms with Gasteiger partial charge in [-0.2, -0.15) is 0 Å². The molecule has 28 heavy (non-hydrogen) atoms. The predicted molar refractivity (Wildman–Crippen MR) is 121 cm³/mol. The molecule has 1 unspecified atom stereocenters. The van der Waals surface area contributed by atoms with Crippen molar-refractivity contribution in [2.45, 2.75) is 32.4 Å². The minimum Gasteiger partial charge on any atom is -0.481 e. The van der Waals surface area contributed by atoms with Crippen molar-refractivity contribution in [1.29, 1.82) is 0 Å². The lowest BCUT2D eigenvalue weighted by Gasteiger charge is -2.26. The first-order valence-electron chi connectivity index (χ1n) is 9.58. The summed E-state index contributed by atoms with van der Waals surface area (Å²) in [4.78, 5) is 11.3. The molecule has 0 radical (unpaired) electrons. The van der Waals surface area contributed by atoms with E-state index in [1.54, 1.807) is 19.6 Å². The van der Waals surface area contributed by atoms with Crippen molar-refractivity contribution >= 4 is 29.9 Å². The van der Waals surface area contributed by atoms with Gasteiger partial charge >= 0.3 is 0 Å². The number of nitrogens with one attached hydrogen (secondary N) is 2. The monoisotopic (exact) mass is 499 g/mol. The van der Waals surface area contributed by atoms with Crippen LogP contribution in [0.1, 0.15) is 37.1 Å². The summed E-state index contributed by atoms with van der Waals surface area (Å²) < 4.78 is 10.9. The summed E-state index contributed by atoms with van der Waals surface area (Å²) in [6.45, 7) is 6.40. The molecule has 2 N–H and O–H groups in total. The van der Waals surface area contributed by atoms with Gasteiger partial charge in [0.05, 0.1) is 26.0 Å². The van der Waals surface area contributed by atoms with Crippen LogP contribution in [0.15, 0.2) is 46.1 Å². The van der Waals surface area contributed by atoms with E-state index in [-0.39, 0.29) is 30.0 Å². The van der Waals surface area contributed by atoms with E-state index in [0.29, 0.717) is 12.4 Å². The van der Waals surface area contributed by atoms with E-state index in [0.717, 1.165) is 43.5 Å². The molecule has 0 spiro atoms. The lowest BCUT2D eigenvalue weighted by Crippen LogP contribution is -2.42. The Morgan fingerprint density at radius 2 is 2.14 bits per heavy atom. The van der Waals surface area contributed by atoms with Crippen LogP contribution in [-0.4, -0.2) is 49.1 Å². The van der Waals surface area contributed by atoms with Crippen LogP contribution in [0.25, 0.3) is 0 Å². The van der Waals surface area contributed by atoms with Gasteiger partial charge in [-0.25, -0.2) is 9.98 Å². The van der Waals surface area contributed by atoms with E-state index < -0.39 is 0 Å². The predicted octanol–water partition coefficient (Wildman–Crippen LogP) is 3.19. The normalized spacial score (nSPS) is 15.7. The fourth-order valence-electron chi connectivity index (χ4n) is 3.31. The van der Waals surface area contributed by atoms with Crippen LogP contribution in [0, 0.1) is 0 Å². The lowest BCUT2D eigenvalue weighted by atomic mass is 10.2. The Labute approximate surface area is 184 Å². The van der Waals surface area contributed by atoms with E-state index in [9.17, 15) is 0 Å². The molecule has 2 aromatic heterocycles. The fourth-order valence-corrected chi connectivity index (χ4v) is 3.31. The van der Waals surface area contributed by atoms with Crippen LogP contribution in [0.2, 0.25) is 0 Å². The first kappa shape index (κ1) is 22.5. The van der Waals surface area contributed by atoms with Crippen molar-refractivity contribution < 1.29 is 9.15 Å². The van der Waals surface area contributed by atoms with Crippen LogP contribution in [0.5, 0.6) is 5.88 Å². The molecule has 0 amide bonds. The third kappa shape index (κ3) is 6.37. The lowest BCUT2D eigenvalue weighted by molar-refractivity contribution is 0.215. The van der Waals surface area contributed by atoms with Crippen LogP contribution in [0.4, 0.5) is 0 Å². The largest absolute Gasteiger partial charge is 0.481 e. The summed E-state index contributed by atoms with van der Waals surface area (Å²) in [6, 6.07) is 8.08. The second-order valence-corrected chi connectivity index (χ2v) is 6.56. The van der Waals surface area contributed by atoms with E-state index >= 15 is 0 Å². The van der Waals surface area contributed by atoms with E-state index in [2.05, 4.69) is 33.5 Å². The Balaban J connectivity index is 0.00000280. The summed E-state index contributed by atoms with van der Waals surface area (Å²) in [5.41, 5.74) is 1.06. The highest BCUT2D eigenvalue weighted by Gasteiger charge is 2.25. The Morgan fingerprint density at radius 1 is 1.32 bits per heavy atom. The number of guanidine groups is 1. The highest BCUT2D eigenvalue weighted by Crippen LogP contribution is 2.24. The maximum absolute atomic E-state index is 5.69. The molecule has 1 saturated heterocycles. The summed E-state index contributed by atoms with van der Waals surface area (Å²) in [5, 5.41) is 6.79. The number of likely N-dealkylation sites (tertiary alicyclic amines) is 1. The van der Waals surface area contributed by atoms with E-state index in [1.165, 1.54) is 12.8 Å². The molecule has 7 nitrogen and oxygen atoms in total. The fraction of sp³-hybridized carbons (Fsp3) is 0.500. The zero-order valence-electron chi connectivity index (χ0n) is 16.6. The molecular weight excluding hydrogens is 469 g/mol. The van der Waals surface area contributed by atoms with Gasteiger partial charge in [-0.3, -0.25) is 4.90 Å². The molecule has 2 aromatic rings. The number of furan rings is 1. The van der Waals surface area contributed by atoms with Crippen molar-refractivity contribution in [1.82, 2.24) is 20.5 Å². The number of aromatic nitrogens is 1. The Morgan fingerprint density at radius 3 is 2.82 bits per heavy atom. The van der Waals surface area contributed by atoms with Crippen molar-refractivity contribution in [3.8, 4) is 5.88 Å². The molecule has 1 aliphatic heterocycles. The summed E-state index contributed by atoms with van der Waals surface area (Å²) >= 11 is 0. The minimum atomic E-state index is 0. The highest BCUT2D eigenvalue weighted by molar-refractivity contribution is 14.0. The minimum absolute atomic E-state index is 0. The average molecular weight is 499 g/mol. The molecule has 0 saturated carbocycles. The smallest absolute Gasteiger partial charge is 0.213 e. The molecule has 0 aromatic carbocycles. The number of nitrogens with zero attached hydrogens (tertiary/aromatic N) is 3. The van der Waals surface area contributed by atoms with Gasteiger partial charge in [0, 0.05) is 25.4 Å². The molecule has 3 rings (SSSR count). The van der Waals surface area contributed by atoms with Crippen LogP contribution in [0.3, 0.4) is 0 Å². The summed E-state index contributed by atoms with van der Waals surface area (Å²) in [7, 11) is 1.62. The van der Waals surface area contributed by atoms with Crippen LogP contribution < -0.4 is 15.4 Å². The Hall–Kier alpha value is -1.81. The summed E-state index contributed by atoms with van der Waals surface area (Å²) in [5.74, 6) is 2.40. The van der Waals surface area contributed by atoms with Gasteiger partial charge in [-0.15, -0.1) is 24.0 Å². The number of hydrogen-bond acceptors (Lipinski definition) is 5. The number of aliphatic imine (C=N–C) groups is 1. The molecule has 8 heteroatoms. The molecule has 154 valence electrons.